The summed E-state index contributed by atoms with van der Waals surface area (Å²) in [6, 6.07) is 58.6. The third-order valence-electron chi connectivity index (χ3n) is 11.1. The van der Waals surface area contributed by atoms with Crippen molar-refractivity contribution in [2.75, 3.05) is 7.11 Å². The fraction of sp³-hybridized carbons (Fsp3) is 0.114. The van der Waals surface area contributed by atoms with Crippen LogP contribution in [0.5, 0.6) is 5.75 Å². The fourth-order valence-electron chi connectivity index (χ4n) is 9.44. The van der Waals surface area contributed by atoms with E-state index >= 15 is 0 Å². The van der Waals surface area contributed by atoms with Crippen LogP contribution < -0.4 is 4.74 Å². The SMILES string of the molecule is COc1ccc(C2=N[C@@]3(c4ccccc4-c4nc5ccccc5nc43)[C@@]3(c4ccccc4)[C@H](c4ccccc4)[C@@]23c2ccccc2)cc1. The van der Waals surface area contributed by atoms with Crippen molar-refractivity contribution >= 4 is 16.7 Å². The van der Waals surface area contributed by atoms with Gasteiger partial charge >= 0.3 is 0 Å². The molecule has 2 heterocycles. The summed E-state index contributed by atoms with van der Waals surface area (Å²) in [5.74, 6) is 0.859. The van der Waals surface area contributed by atoms with Crippen molar-refractivity contribution < 1.29 is 4.74 Å². The Morgan fingerprint density at radius 1 is 0.562 bits per heavy atom. The molecule has 48 heavy (non-hydrogen) atoms. The molecule has 1 spiro atoms. The summed E-state index contributed by atoms with van der Waals surface area (Å²) in [6.07, 6.45) is 0. The van der Waals surface area contributed by atoms with Crippen molar-refractivity contribution in [2.24, 2.45) is 4.99 Å². The molecular weight excluding hydrogens is 587 g/mol. The van der Waals surface area contributed by atoms with Crippen LogP contribution in [0, 0.1) is 0 Å². The van der Waals surface area contributed by atoms with Crippen LogP contribution >= 0.6 is 0 Å². The molecule has 1 aliphatic heterocycles. The Morgan fingerprint density at radius 3 is 1.83 bits per heavy atom. The summed E-state index contributed by atoms with van der Waals surface area (Å²) in [5, 5.41) is 0. The molecule has 4 nitrogen and oxygen atoms in total. The molecule has 10 rings (SSSR count). The number of aromatic nitrogens is 2. The molecular formula is C44H31N3O. The first kappa shape index (κ1) is 27.3. The Balaban J connectivity index is 1.43. The lowest BCUT2D eigenvalue weighted by Gasteiger charge is -2.36. The lowest BCUT2D eigenvalue weighted by molar-refractivity contribution is 0.398. The molecule has 1 aromatic heterocycles. The largest absolute Gasteiger partial charge is 0.497 e. The molecule has 228 valence electrons. The van der Waals surface area contributed by atoms with Gasteiger partial charge in [-0.1, -0.05) is 127 Å². The lowest BCUT2D eigenvalue weighted by atomic mass is 9.67. The maximum Gasteiger partial charge on any atom is 0.142 e. The van der Waals surface area contributed by atoms with Gasteiger partial charge in [0.05, 0.1) is 40.4 Å². The van der Waals surface area contributed by atoms with Gasteiger partial charge in [-0.25, -0.2) is 9.97 Å². The van der Waals surface area contributed by atoms with Crippen LogP contribution in [0.3, 0.4) is 0 Å². The zero-order chi connectivity index (χ0) is 31.9. The van der Waals surface area contributed by atoms with Crippen molar-refractivity contribution in [3.8, 4) is 17.0 Å². The summed E-state index contributed by atoms with van der Waals surface area (Å²) in [5.41, 5.74) is 9.79. The van der Waals surface area contributed by atoms with Gasteiger partial charge in [0.2, 0.25) is 0 Å². The van der Waals surface area contributed by atoms with E-state index in [4.69, 9.17) is 19.7 Å². The average Bonchev–Trinajstić information content (AvgIpc) is 3.61. The van der Waals surface area contributed by atoms with Crippen LogP contribution in [0.2, 0.25) is 0 Å². The number of nitrogens with zero attached hydrogens (tertiary/aromatic N) is 3. The Hall–Kier alpha value is -5.87. The van der Waals surface area contributed by atoms with Crippen LogP contribution in [0.4, 0.5) is 0 Å². The van der Waals surface area contributed by atoms with E-state index in [1.54, 1.807) is 7.11 Å². The molecule has 7 aromatic rings. The van der Waals surface area contributed by atoms with Crippen LogP contribution in [0.15, 0.2) is 169 Å². The number of rotatable bonds is 5. The number of hydrogen-bond acceptors (Lipinski definition) is 4. The smallest absolute Gasteiger partial charge is 0.142 e. The molecule has 0 radical (unpaired) electrons. The van der Waals surface area contributed by atoms with Crippen molar-refractivity contribution in [3.63, 3.8) is 0 Å². The Kier molecular flexibility index (Phi) is 5.58. The lowest BCUT2D eigenvalue weighted by Crippen LogP contribution is -2.40. The third kappa shape index (κ3) is 3.17. The average molecular weight is 618 g/mol. The van der Waals surface area contributed by atoms with E-state index in [1.807, 2.05) is 12.1 Å². The zero-order valence-electron chi connectivity index (χ0n) is 26.4. The van der Waals surface area contributed by atoms with E-state index in [1.165, 1.54) is 16.7 Å². The Morgan fingerprint density at radius 2 is 1.15 bits per heavy atom. The summed E-state index contributed by atoms with van der Waals surface area (Å²) in [7, 11) is 1.71. The van der Waals surface area contributed by atoms with Crippen molar-refractivity contribution in [3.05, 3.63) is 197 Å². The van der Waals surface area contributed by atoms with Gasteiger partial charge in [-0.15, -0.1) is 0 Å². The van der Waals surface area contributed by atoms with Crippen LogP contribution in [-0.4, -0.2) is 22.8 Å². The Labute approximate surface area is 279 Å². The van der Waals surface area contributed by atoms with Crippen LogP contribution in [0.25, 0.3) is 22.3 Å². The second kappa shape index (κ2) is 9.82. The molecule has 0 amide bonds. The maximum atomic E-state index is 6.11. The second-order valence-electron chi connectivity index (χ2n) is 13.0. The van der Waals surface area contributed by atoms with Crippen molar-refractivity contribution in [2.45, 2.75) is 22.3 Å². The van der Waals surface area contributed by atoms with E-state index < -0.39 is 16.4 Å². The van der Waals surface area contributed by atoms with E-state index in [9.17, 15) is 0 Å². The number of aliphatic imine (C=N–C) groups is 1. The minimum absolute atomic E-state index is 0.0397. The number of fused-ring (bicyclic) bond motifs is 8. The minimum atomic E-state index is -0.872. The summed E-state index contributed by atoms with van der Waals surface area (Å²) >= 11 is 0. The van der Waals surface area contributed by atoms with E-state index in [-0.39, 0.29) is 5.92 Å². The van der Waals surface area contributed by atoms with Crippen molar-refractivity contribution in [1.82, 2.24) is 9.97 Å². The molecule has 2 aliphatic carbocycles. The van der Waals surface area contributed by atoms with E-state index in [0.717, 1.165) is 50.6 Å². The second-order valence-corrected chi connectivity index (χ2v) is 13.0. The quantitative estimate of drug-likeness (QED) is 0.194. The summed E-state index contributed by atoms with van der Waals surface area (Å²) < 4.78 is 5.63. The molecule has 4 atom stereocenters. The molecule has 1 fully saturated rings. The molecule has 6 aromatic carbocycles. The Bertz CT molecular complexity index is 2390. The summed E-state index contributed by atoms with van der Waals surface area (Å²) in [6.45, 7) is 0. The number of ether oxygens (including phenoxy) is 1. The van der Waals surface area contributed by atoms with E-state index in [0.29, 0.717) is 0 Å². The highest BCUT2D eigenvalue weighted by Crippen LogP contribution is 2.87. The molecule has 0 unspecified atom stereocenters. The predicted molar refractivity (Wildman–Crippen MR) is 191 cm³/mol. The highest BCUT2D eigenvalue weighted by molar-refractivity contribution is 6.18. The van der Waals surface area contributed by atoms with E-state index in [2.05, 4.69) is 152 Å². The number of hydrogen-bond donors (Lipinski definition) is 0. The molecule has 0 bridgehead atoms. The zero-order valence-corrected chi connectivity index (χ0v) is 26.4. The monoisotopic (exact) mass is 617 g/mol. The van der Waals surface area contributed by atoms with Gasteiger partial charge in [0.15, 0.2) is 0 Å². The van der Waals surface area contributed by atoms with Gasteiger partial charge in [-0.3, -0.25) is 4.99 Å². The predicted octanol–water partition coefficient (Wildman–Crippen LogP) is 9.04. The standard InChI is InChI=1S/C44H31N3O/c1-48-33-27-25-30(26-28-33)40-42(31-17-7-3-8-18-31)39(29-15-5-2-6-16-29)43(42,32-19-9-4-10-20-32)44(47-40)35-22-12-11-21-34(35)38-41(44)46-37-24-14-13-23-36(37)45-38/h2-28,39H,1H3/t39-,42+,43+,44-/m1/s1. The number of methoxy groups -OCH3 is 1. The third-order valence-corrected chi connectivity index (χ3v) is 11.1. The molecule has 0 N–H and O–H groups in total. The number of para-hydroxylation sites is 2. The van der Waals surface area contributed by atoms with Crippen LogP contribution in [0.1, 0.15) is 39.4 Å². The van der Waals surface area contributed by atoms with Gasteiger partial charge in [0.1, 0.15) is 17.0 Å². The maximum absolute atomic E-state index is 6.11. The van der Waals surface area contributed by atoms with Gasteiger partial charge < -0.3 is 4.74 Å². The molecule has 4 heteroatoms. The minimum Gasteiger partial charge on any atom is -0.497 e. The highest BCUT2D eigenvalue weighted by atomic mass is 16.5. The first-order valence-electron chi connectivity index (χ1n) is 16.5. The molecule has 0 saturated heterocycles. The van der Waals surface area contributed by atoms with Crippen molar-refractivity contribution in [1.29, 1.82) is 0 Å². The summed E-state index contributed by atoms with van der Waals surface area (Å²) in [4.78, 5) is 17.0. The topological polar surface area (TPSA) is 47.4 Å². The normalized spacial score (nSPS) is 24.5. The fourth-order valence-corrected chi connectivity index (χ4v) is 9.44. The first-order chi connectivity index (χ1) is 23.7. The number of benzene rings is 6. The first-order valence-corrected chi connectivity index (χ1v) is 16.5. The van der Waals surface area contributed by atoms with Gasteiger partial charge in [0.25, 0.3) is 0 Å². The van der Waals surface area contributed by atoms with Gasteiger partial charge in [0, 0.05) is 11.5 Å². The molecule has 1 saturated carbocycles. The highest BCUT2D eigenvalue weighted by Gasteiger charge is 2.91. The van der Waals surface area contributed by atoms with Gasteiger partial charge in [-0.05, 0) is 64.2 Å². The van der Waals surface area contributed by atoms with Crippen LogP contribution in [-0.2, 0) is 16.4 Å². The molecule has 3 aliphatic rings. The van der Waals surface area contributed by atoms with Gasteiger partial charge in [-0.2, -0.15) is 0 Å².